The number of aryl methyl sites for hydroxylation is 1. The third kappa shape index (κ3) is 2.28. The molecule has 2 heterocycles. The summed E-state index contributed by atoms with van der Waals surface area (Å²) in [5.41, 5.74) is 1.68. The average molecular weight is 239 g/mol. The van der Waals surface area contributed by atoms with Crippen molar-refractivity contribution in [2.45, 2.75) is 24.4 Å². The van der Waals surface area contributed by atoms with E-state index in [-0.39, 0.29) is 6.61 Å². The Morgan fingerprint density at radius 2 is 2.38 bits per heavy atom. The Hall–Kier alpha value is -1.27. The van der Waals surface area contributed by atoms with Gasteiger partial charge in [0.2, 0.25) is 0 Å². The highest BCUT2D eigenvalue weighted by molar-refractivity contribution is 7.98. The van der Waals surface area contributed by atoms with Gasteiger partial charge in [-0.15, -0.1) is 0 Å². The molecule has 2 aromatic rings. The molecule has 0 aliphatic heterocycles. The van der Waals surface area contributed by atoms with Crippen LogP contribution in [0.4, 0.5) is 0 Å². The van der Waals surface area contributed by atoms with Crippen molar-refractivity contribution in [3.63, 3.8) is 0 Å². The van der Waals surface area contributed by atoms with Crippen LogP contribution in [0.2, 0.25) is 0 Å². The van der Waals surface area contributed by atoms with Crippen LogP contribution < -0.4 is 0 Å². The minimum Gasteiger partial charge on any atom is -0.390 e. The molecule has 2 aromatic heterocycles. The molecule has 5 nitrogen and oxygen atoms in total. The zero-order valence-electron chi connectivity index (χ0n) is 9.17. The van der Waals surface area contributed by atoms with Gasteiger partial charge < -0.3 is 14.2 Å². The van der Waals surface area contributed by atoms with Crippen molar-refractivity contribution in [1.82, 2.24) is 14.7 Å². The first-order chi connectivity index (χ1) is 7.70. The van der Waals surface area contributed by atoms with E-state index in [2.05, 4.69) is 10.1 Å². The summed E-state index contributed by atoms with van der Waals surface area (Å²) in [6.07, 6.45) is 1.67. The predicted octanol–water partition coefficient (Wildman–Crippen LogP) is 1.50. The molecular formula is C10H13N3O2S. The Morgan fingerprint density at radius 1 is 1.56 bits per heavy atom. The molecule has 2 rings (SSSR count). The highest BCUT2D eigenvalue weighted by atomic mass is 32.2. The Kier molecular flexibility index (Phi) is 3.31. The maximum absolute atomic E-state index is 9.02. The highest BCUT2D eigenvalue weighted by Crippen LogP contribution is 2.22. The highest BCUT2D eigenvalue weighted by Gasteiger charge is 2.08. The van der Waals surface area contributed by atoms with E-state index in [4.69, 9.17) is 9.63 Å². The summed E-state index contributed by atoms with van der Waals surface area (Å²) in [7, 11) is 1.88. The van der Waals surface area contributed by atoms with Gasteiger partial charge in [0.15, 0.2) is 5.16 Å². The molecule has 0 fully saturated rings. The Bertz CT molecular complexity index is 478. The lowest BCUT2D eigenvalue weighted by atomic mass is 10.4. The molecule has 0 amide bonds. The second-order valence-corrected chi connectivity index (χ2v) is 4.42. The number of aliphatic hydroxyl groups is 1. The van der Waals surface area contributed by atoms with E-state index in [1.54, 1.807) is 18.0 Å². The van der Waals surface area contributed by atoms with Gasteiger partial charge in [0.1, 0.15) is 5.76 Å². The third-order valence-electron chi connectivity index (χ3n) is 2.22. The largest absolute Gasteiger partial charge is 0.390 e. The number of imidazole rings is 1. The zero-order valence-corrected chi connectivity index (χ0v) is 9.99. The minimum absolute atomic E-state index is 0.00543. The molecule has 0 radical (unpaired) electrons. The first-order valence-electron chi connectivity index (χ1n) is 4.87. The van der Waals surface area contributed by atoms with Gasteiger partial charge in [-0.05, 0) is 6.92 Å². The molecule has 86 valence electrons. The molecule has 16 heavy (non-hydrogen) atoms. The predicted molar refractivity (Wildman–Crippen MR) is 59.9 cm³/mol. The fourth-order valence-electron chi connectivity index (χ4n) is 1.33. The van der Waals surface area contributed by atoms with Crippen LogP contribution in [0.25, 0.3) is 0 Å². The lowest BCUT2D eigenvalue weighted by Crippen LogP contribution is -1.97. The SMILES string of the molecule is Cc1cc(CSc2ncc(CO)n2C)on1. The van der Waals surface area contributed by atoms with E-state index in [1.165, 1.54) is 0 Å². The summed E-state index contributed by atoms with van der Waals surface area (Å²) < 4.78 is 6.97. The monoisotopic (exact) mass is 239 g/mol. The van der Waals surface area contributed by atoms with Gasteiger partial charge in [-0.1, -0.05) is 16.9 Å². The molecular weight excluding hydrogens is 226 g/mol. The zero-order chi connectivity index (χ0) is 11.5. The third-order valence-corrected chi connectivity index (χ3v) is 3.29. The van der Waals surface area contributed by atoms with Crippen molar-refractivity contribution in [3.05, 3.63) is 29.4 Å². The van der Waals surface area contributed by atoms with Gasteiger partial charge in [-0.3, -0.25) is 0 Å². The summed E-state index contributed by atoms with van der Waals surface area (Å²) >= 11 is 1.56. The second-order valence-electron chi connectivity index (χ2n) is 3.47. The van der Waals surface area contributed by atoms with E-state index in [9.17, 15) is 0 Å². The van der Waals surface area contributed by atoms with E-state index >= 15 is 0 Å². The molecule has 0 aliphatic rings. The van der Waals surface area contributed by atoms with Crippen LogP contribution in [0.1, 0.15) is 17.1 Å². The maximum atomic E-state index is 9.02. The summed E-state index contributed by atoms with van der Waals surface area (Å²) in [4.78, 5) is 4.21. The molecule has 0 saturated heterocycles. The maximum Gasteiger partial charge on any atom is 0.168 e. The number of aliphatic hydroxyl groups excluding tert-OH is 1. The average Bonchev–Trinajstić information content (AvgIpc) is 2.83. The summed E-state index contributed by atoms with van der Waals surface area (Å²) in [5, 5.41) is 13.7. The van der Waals surface area contributed by atoms with Crippen molar-refractivity contribution in [3.8, 4) is 0 Å². The van der Waals surface area contributed by atoms with Crippen LogP contribution in [0.5, 0.6) is 0 Å². The first-order valence-corrected chi connectivity index (χ1v) is 5.85. The van der Waals surface area contributed by atoms with Gasteiger partial charge >= 0.3 is 0 Å². The molecule has 0 unspecified atom stereocenters. The number of hydrogen-bond acceptors (Lipinski definition) is 5. The molecule has 0 spiro atoms. The van der Waals surface area contributed by atoms with E-state index in [0.717, 1.165) is 22.3 Å². The fraction of sp³-hybridized carbons (Fsp3) is 0.400. The molecule has 6 heteroatoms. The summed E-state index contributed by atoms with van der Waals surface area (Å²) in [6, 6.07) is 1.91. The van der Waals surface area contributed by atoms with Crippen LogP contribution >= 0.6 is 11.8 Å². The molecule has 0 atom stereocenters. The van der Waals surface area contributed by atoms with Crippen LogP contribution in [-0.2, 0) is 19.4 Å². The van der Waals surface area contributed by atoms with E-state index in [1.807, 2.05) is 24.6 Å². The molecule has 0 aromatic carbocycles. The molecule has 0 aliphatic carbocycles. The second kappa shape index (κ2) is 4.71. The number of hydrogen-bond donors (Lipinski definition) is 1. The van der Waals surface area contributed by atoms with Crippen molar-refractivity contribution < 1.29 is 9.63 Å². The van der Waals surface area contributed by atoms with Crippen LogP contribution in [-0.4, -0.2) is 19.8 Å². The Morgan fingerprint density at radius 3 is 2.94 bits per heavy atom. The van der Waals surface area contributed by atoms with Crippen LogP contribution in [0.3, 0.4) is 0 Å². The van der Waals surface area contributed by atoms with Gasteiger partial charge in [0.05, 0.1) is 29.9 Å². The van der Waals surface area contributed by atoms with Gasteiger partial charge in [0.25, 0.3) is 0 Å². The van der Waals surface area contributed by atoms with Crippen molar-refractivity contribution in [2.75, 3.05) is 0 Å². The summed E-state index contributed by atoms with van der Waals surface area (Å²) in [6.45, 7) is 1.90. The first kappa shape index (κ1) is 11.2. The minimum atomic E-state index is 0.00543. The Balaban J connectivity index is 2.02. The fourth-order valence-corrected chi connectivity index (χ4v) is 2.17. The van der Waals surface area contributed by atoms with Crippen LogP contribution in [0.15, 0.2) is 21.9 Å². The van der Waals surface area contributed by atoms with Crippen molar-refractivity contribution >= 4 is 11.8 Å². The number of thioether (sulfide) groups is 1. The van der Waals surface area contributed by atoms with Gasteiger partial charge in [-0.25, -0.2) is 4.98 Å². The van der Waals surface area contributed by atoms with Gasteiger partial charge in [-0.2, -0.15) is 0 Å². The number of aromatic nitrogens is 3. The van der Waals surface area contributed by atoms with Crippen LogP contribution in [0, 0.1) is 6.92 Å². The van der Waals surface area contributed by atoms with Crippen molar-refractivity contribution in [1.29, 1.82) is 0 Å². The quantitative estimate of drug-likeness (QED) is 0.819. The molecule has 0 saturated carbocycles. The van der Waals surface area contributed by atoms with Gasteiger partial charge in [0, 0.05) is 13.1 Å². The topological polar surface area (TPSA) is 64.1 Å². The molecule has 1 N–H and O–H groups in total. The Labute approximate surface area is 97.5 Å². The summed E-state index contributed by atoms with van der Waals surface area (Å²) in [5.74, 6) is 1.52. The normalized spacial score (nSPS) is 10.9. The molecule has 0 bridgehead atoms. The van der Waals surface area contributed by atoms with E-state index < -0.39 is 0 Å². The number of nitrogens with zero attached hydrogens (tertiary/aromatic N) is 3. The lowest BCUT2D eigenvalue weighted by Gasteiger charge is -2.01. The standard InChI is InChI=1S/C10H13N3O2S/c1-7-3-9(15-12-7)6-16-10-11-4-8(5-14)13(10)2/h3-4,14H,5-6H2,1-2H3. The van der Waals surface area contributed by atoms with Crippen molar-refractivity contribution in [2.24, 2.45) is 7.05 Å². The lowest BCUT2D eigenvalue weighted by molar-refractivity contribution is 0.271. The number of rotatable bonds is 4. The van der Waals surface area contributed by atoms with E-state index in [0.29, 0.717) is 5.75 Å². The smallest absolute Gasteiger partial charge is 0.168 e.